The molecule has 6 heteroatoms. The van der Waals surface area contributed by atoms with Gasteiger partial charge in [0.15, 0.2) is 5.96 Å². The molecular weight excluding hydrogens is 475 g/mol. The van der Waals surface area contributed by atoms with Gasteiger partial charge in [-0.3, -0.25) is 4.90 Å². The van der Waals surface area contributed by atoms with Gasteiger partial charge in [0.2, 0.25) is 0 Å². The smallest absolute Gasteiger partial charge is 0.191 e. The van der Waals surface area contributed by atoms with Crippen LogP contribution in [0, 0.1) is 0 Å². The van der Waals surface area contributed by atoms with Gasteiger partial charge in [-0.05, 0) is 43.0 Å². The highest BCUT2D eigenvalue weighted by molar-refractivity contribution is 14.0. The van der Waals surface area contributed by atoms with Crippen molar-refractivity contribution in [1.82, 2.24) is 15.5 Å². The predicted octanol–water partition coefficient (Wildman–Crippen LogP) is 4.03. The number of piperidine rings is 1. The zero-order chi connectivity index (χ0) is 19.6. The molecule has 2 aromatic carbocycles. The van der Waals surface area contributed by atoms with E-state index < -0.39 is 0 Å². The third-order valence-corrected chi connectivity index (χ3v) is 5.08. The van der Waals surface area contributed by atoms with Crippen molar-refractivity contribution in [1.29, 1.82) is 0 Å². The van der Waals surface area contributed by atoms with Crippen LogP contribution in [0.3, 0.4) is 0 Å². The zero-order valence-electron chi connectivity index (χ0n) is 17.4. The summed E-state index contributed by atoms with van der Waals surface area (Å²) in [6.07, 6.45) is 2.27. The Bertz CT molecular complexity index is 746. The Morgan fingerprint density at radius 3 is 2.48 bits per heavy atom. The first kappa shape index (κ1) is 23.5. The van der Waals surface area contributed by atoms with E-state index in [0.717, 1.165) is 56.3 Å². The van der Waals surface area contributed by atoms with E-state index in [1.54, 1.807) is 7.11 Å². The van der Waals surface area contributed by atoms with Crippen molar-refractivity contribution >= 4 is 29.9 Å². The minimum Gasteiger partial charge on any atom is -0.497 e. The molecule has 0 radical (unpaired) electrons. The van der Waals surface area contributed by atoms with E-state index in [9.17, 15) is 0 Å². The Morgan fingerprint density at radius 2 is 1.79 bits per heavy atom. The van der Waals surface area contributed by atoms with Gasteiger partial charge in [0.05, 0.1) is 13.7 Å². The molecule has 2 N–H and O–H groups in total. The normalized spacial score (nSPS) is 15.4. The SMILES string of the molecule is CCNC(=NCc1cccc(OC)c1)NC1CCN(Cc2ccccc2)CC1.I. The second-order valence-electron chi connectivity index (χ2n) is 7.23. The quantitative estimate of drug-likeness (QED) is 0.337. The molecule has 5 nitrogen and oxygen atoms in total. The van der Waals surface area contributed by atoms with Gasteiger partial charge in [-0.25, -0.2) is 4.99 Å². The summed E-state index contributed by atoms with van der Waals surface area (Å²) in [5.41, 5.74) is 2.54. The van der Waals surface area contributed by atoms with E-state index >= 15 is 0 Å². The topological polar surface area (TPSA) is 48.9 Å². The van der Waals surface area contributed by atoms with E-state index in [1.807, 2.05) is 18.2 Å². The third-order valence-electron chi connectivity index (χ3n) is 5.08. The fourth-order valence-corrected chi connectivity index (χ4v) is 3.53. The molecule has 158 valence electrons. The Hall–Kier alpha value is -1.80. The van der Waals surface area contributed by atoms with Crippen LogP contribution in [0.1, 0.15) is 30.9 Å². The Balaban J connectivity index is 0.00000300. The molecule has 1 heterocycles. The zero-order valence-corrected chi connectivity index (χ0v) is 19.8. The van der Waals surface area contributed by atoms with Crippen LogP contribution in [0.15, 0.2) is 59.6 Å². The Morgan fingerprint density at radius 1 is 1.07 bits per heavy atom. The third kappa shape index (κ3) is 7.85. The maximum atomic E-state index is 5.30. The lowest BCUT2D eigenvalue weighted by molar-refractivity contribution is 0.198. The van der Waals surface area contributed by atoms with Gasteiger partial charge in [0.1, 0.15) is 5.75 Å². The van der Waals surface area contributed by atoms with Crippen LogP contribution in [-0.4, -0.2) is 43.6 Å². The van der Waals surface area contributed by atoms with Gasteiger partial charge in [-0.2, -0.15) is 0 Å². The number of guanidine groups is 1. The molecule has 0 aliphatic carbocycles. The summed E-state index contributed by atoms with van der Waals surface area (Å²) in [6, 6.07) is 19.3. The standard InChI is InChI=1S/C23H32N4O.HI/c1-3-24-23(25-17-20-10-7-11-22(16-20)28-2)26-21-12-14-27(15-13-21)18-19-8-5-4-6-9-19;/h4-11,16,21H,3,12-15,17-18H2,1-2H3,(H2,24,25,26);1H. The molecule has 0 spiro atoms. The van der Waals surface area contributed by atoms with E-state index in [1.165, 1.54) is 5.56 Å². The number of nitrogens with one attached hydrogen (secondary N) is 2. The molecule has 0 atom stereocenters. The minimum atomic E-state index is 0. The molecule has 1 aliphatic rings. The number of likely N-dealkylation sites (tertiary alicyclic amines) is 1. The molecule has 0 bridgehead atoms. The number of nitrogens with zero attached hydrogens (tertiary/aromatic N) is 2. The van der Waals surface area contributed by atoms with Gasteiger partial charge in [0.25, 0.3) is 0 Å². The predicted molar refractivity (Wildman–Crippen MR) is 131 cm³/mol. The van der Waals surface area contributed by atoms with E-state index in [4.69, 9.17) is 9.73 Å². The highest BCUT2D eigenvalue weighted by Gasteiger charge is 2.20. The lowest BCUT2D eigenvalue weighted by atomic mass is 10.0. The number of rotatable bonds is 7. The molecular formula is C23H33IN4O. The molecule has 2 aromatic rings. The summed E-state index contributed by atoms with van der Waals surface area (Å²) >= 11 is 0. The number of halogens is 1. The summed E-state index contributed by atoms with van der Waals surface area (Å²) in [4.78, 5) is 7.30. The summed E-state index contributed by atoms with van der Waals surface area (Å²) in [6.45, 7) is 6.86. The van der Waals surface area contributed by atoms with Gasteiger partial charge in [-0.15, -0.1) is 24.0 Å². The van der Waals surface area contributed by atoms with Crippen molar-refractivity contribution < 1.29 is 4.74 Å². The monoisotopic (exact) mass is 508 g/mol. The molecule has 1 fully saturated rings. The summed E-state index contributed by atoms with van der Waals surface area (Å²) in [5.74, 6) is 1.77. The van der Waals surface area contributed by atoms with E-state index in [-0.39, 0.29) is 24.0 Å². The molecule has 0 saturated carbocycles. The number of benzene rings is 2. The van der Waals surface area contributed by atoms with Crippen LogP contribution in [0.5, 0.6) is 5.75 Å². The van der Waals surface area contributed by atoms with Crippen molar-refractivity contribution in [3.05, 3.63) is 65.7 Å². The van der Waals surface area contributed by atoms with E-state index in [0.29, 0.717) is 12.6 Å². The van der Waals surface area contributed by atoms with Crippen molar-refractivity contribution in [2.24, 2.45) is 4.99 Å². The molecule has 1 aliphatic heterocycles. The van der Waals surface area contributed by atoms with E-state index in [2.05, 4.69) is 58.9 Å². The van der Waals surface area contributed by atoms with Crippen LogP contribution in [0.2, 0.25) is 0 Å². The first-order valence-electron chi connectivity index (χ1n) is 10.2. The maximum Gasteiger partial charge on any atom is 0.191 e. The lowest BCUT2D eigenvalue weighted by Gasteiger charge is -2.33. The van der Waals surface area contributed by atoms with Crippen molar-refractivity contribution in [3.8, 4) is 5.75 Å². The van der Waals surface area contributed by atoms with Crippen LogP contribution < -0.4 is 15.4 Å². The Kier molecular flexibility index (Phi) is 10.3. The van der Waals surface area contributed by atoms with Gasteiger partial charge in [-0.1, -0.05) is 42.5 Å². The largest absolute Gasteiger partial charge is 0.497 e. The molecule has 3 rings (SSSR count). The first-order chi connectivity index (χ1) is 13.8. The van der Waals surface area contributed by atoms with Crippen LogP contribution in [-0.2, 0) is 13.1 Å². The molecule has 0 aromatic heterocycles. The fourth-order valence-electron chi connectivity index (χ4n) is 3.53. The number of hydrogen-bond acceptors (Lipinski definition) is 3. The van der Waals surface area contributed by atoms with Gasteiger partial charge < -0.3 is 15.4 Å². The Labute approximate surface area is 192 Å². The molecule has 0 unspecified atom stereocenters. The molecule has 1 saturated heterocycles. The van der Waals surface area contributed by atoms with Crippen LogP contribution in [0.4, 0.5) is 0 Å². The average molecular weight is 508 g/mol. The highest BCUT2D eigenvalue weighted by Crippen LogP contribution is 2.15. The number of hydrogen-bond donors (Lipinski definition) is 2. The van der Waals surface area contributed by atoms with Gasteiger partial charge in [0, 0.05) is 32.2 Å². The number of aliphatic imine (C=N–C) groups is 1. The molecule has 0 amide bonds. The lowest BCUT2D eigenvalue weighted by Crippen LogP contribution is -2.48. The number of ether oxygens (including phenoxy) is 1. The van der Waals surface area contributed by atoms with Gasteiger partial charge >= 0.3 is 0 Å². The molecule has 29 heavy (non-hydrogen) atoms. The first-order valence-corrected chi connectivity index (χ1v) is 10.2. The highest BCUT2D eigenvalue weighted by atomic mass is 127. The van der Waals surface area contributed by atoms with Crippen LogP contribution >= 0.6 is 24.0 Å². The summed E-state index contributed by atoms with van der Waals surface area (Å²) in [7, 11) is 1.69. The van der Waals surface area contributed by atoms with Crippen molar-refractivity contribution in [3.63, 3.8) is 0 Å². The fraction of sp³-hybridized carbons (Fsp3) is 0.435. The summed E-state index contributed by atoms with van der Waals surface area (Å²) < 4.78 is 5.30. The van der Waals surface area contributed by atoms with Crippen molar-refractivity contribution in [2.75, 3.05) is 26.7 Å². The number of methoxy groups -OCH3 is 1. The second kappa shape index (κ2) is 12.7. The summed E-state index contributed by atoms with van der Waals surface area (Å²) in [5, 5.41) is 6.99. The minimum absolute atomic E-state index is 0. The average Bonchev–Trinajstić information content (AvgIpc) is 2.74. The second-order valence-corrected chi connectivity index (χ2v) is 7.23. The maximum absolute atomic E-state index is 5.30. The van der Waals surface area contributed by atoms with Crippen molar-refractivity contribution in [2.45, 2.75) is 38.9 Å². The van der Waals surface area contributed by atoms with Crippen LogP contribution in [0.25, 0.3) is 0 Å².